The van der Waals surface area contributed by atoms with Crippen molar-refractivity contribution in [3.8, 4) is 5.75 Å². The van der Waals surface area contributed by atoms with E-state index < -0.39 is 0 Å². The first-order valence-electron chi connectivity index (χ1n) is 7.78. The average molecular weight is 354 g/mol. The van der Waals surface area contributed by atoms with Gasteiger partial charge in [-0.25, -0.2) is 0 Å². The standard InChI is InChI=1S/C17H24BrNO2/c1-12(2)13-8-9-16(15(18)10-13)21-11-17(20)19-14-6-4-3-5-7-14/h8-10,12,14H,3-7,11H2,1-2H3,(H,19,20). The van der Waals surface area contributed by atoms with Crippen LogP contribution in [0.25, 0.3) is 0 Å². The van der Waals surface area contributed by atoms with Gasteiger partial charge in [0.2, 0.25) is 0 Å². The van der Waals surface area contributed by atoms with E-state index in [0.29, 0.717) is 12.0 Å². The first kappa shape index (κ1) is 16.3. The quantitative estimate of drug-likeness (QED) is 0.851. The van der Waals surface area contributed by atoms with Crippen LogP contribution in [0.15, 0.2) is 22.7 Å². The highest BCUT2D eigenvalue weighted by Gasteiger charge is 2.16. The molecule has 0 radical (unpaired) electrons. The molecule has 0 aromatic heterocycles. The molecule has 1 aromatic rings. The maximum absolute atomic E-state index is 11.9. The molecule has 1 aromatic carbocycles. The fraction of sp³-hybridized carbons (Fsp3) is 0.588. The van der Waals surface area contributed by atoms with Crippen molar-refractivity contribution in [1.82, 2.24) is 5.32 Å². The van der Waals surface area contributed by atoms with Gasteiger partial charge in [0.05, 0.1) is 4.47 Å². The van der Waals surface area contributed by atoms with Crippen LogP contribution in [0, 0.1) is 0 Å². The molecule has 0 spiro atoms. The van der Waals surface area contributed by atoms with E-state index in [9.17, 15) is 4.79 Å². The number of nitrogens with one attached hydrogen (secondary N) is 1. The number of rotatable bonds is 5. The van der Waals surface area contributed by atoms with Crippen LogP contribution in [-0.2, 0) is 4.79 Å². The maximum Gasteiger partial charge on any atom is 0.258 e. The van der Waals surface area contributed by atoms with Crippen LogP contribution in [0.4, 0.5) is 0 Å². The number of halogens is 1. The molecule has 1 amide bonds. The zero-order valence-electron chi connectivity index (χ0n) is 12.8. The Hall–Kier alpha value is -1.03. The van der Waals surface area contributed by atoms with E-state index in [-0.39, 0.29) is 12.5 Å². The summed E-state index contributed by atoms with van der Waals surface area (Å²) in [4.78, 5) is 11.9. The minimum atomic E-state index is -0.0262. The molecule has 21 heavy (non-hydrogen) atoms. The molecule has 0 aliphatic heterocycles. The maximum atomic E-state index is 11.9. The number of hydrogen-bond acceptors (Lipinski definition) is 2. The molecule has 0 unspecified atom stereocenters. The van der Waals surface area contributed by atoms with Gasteiger partial charge in [-0.05, 0) is 52.4 Å². The highest BCUT2D eigenvalue weighted by atomic mass is 79.9. The van der Waals surface area contributed by atoms with Crippen LogP contribution >= 0.6 is 15.9 Å². The summed E-state index contributed by atoms with van der Waals surface area (Å²) in [5.74, 6) is 1.17. The van der Waals surface area contributed by atoms with E-state index in [1.165, 1.54) is 24.8 Å². The van der Waals surface area contributed by atoms with Crippen LogP contribution in [0.1, 0.15) is 57.4 Å². The van der Waals surface area contributed by atoms with Gasteiger partial charge in [0.25, 0.3) is 5.91 Å². The number of carbonyl (C=O) groups is 1. The Morgan fingerprint density at radius 3 is 2.67 bits per heavy atom. The topological polar surface area (TPSA) is 38.3 Å². The summed E-state index contributed by atoms with van der Waals surface area (Å²) in [6, 6.07) is 6.36. The van der Waals surface area contributed by atoms with Crippen molar-refractivity contribution in [2.45, 2.75) is 57.9 Å². The molecule has 1 aliphatic carbocycles. The third kappa shape index (κ3) is 5.03. The zero-order chi connectivity index (χ0) is 15.2. The normalized spacial score (nSPS) is 16.0. The van der Waals surface area contributed by atoms with Crippen LogP contribution in [0.5, 0.6) is 5.75 Å². The van der Waals surface area contributed by atoms with E-state index in [2.05, 4.69) is 41.2 Å². The van der Waals surface area contributed by atoms with Crippen molar-refractivity contribution >= 4 is 21.8 Å². The molecular formula is C17H24BrNO2. The number of amides is 1. The number of benzene rings is 1. The van der Waals surface area contributed by atoms with Crippen molar-refractivity contribution in [1.29, 1.82) is 0 Å². The average Bonchev–Trinajstić information content (AvgIpc) is 2.47. The van der Waals surface area contributed by atoms with Crippen molar-refractivity contribution < 1.29 is 9.53 Å². The Labute approximate surface area is 135 Å². The first-order valence-corrected chi connectivity index (χ1v) is 8.57. The predicted molar refractivity (Wildman–Crippen MR) is 88.7 cm³/mol. The van der Waals surface area contributed by atoms with Crippen molar-refractivity contribution in [3.05, 3.63) is 28.2 Å². The largest absolute Gasteiger partial charge is 0.483 e. The lowest BCUT2D eigenvalue weighted by molar-refractivity contribution is -0.124. The Morgan fingerprint density at radius 2 is 2.05 bits per heavy atom. The molecular weight excluding hydrogens is 330 g/mol. The van der Waals surface area contributed by atoms with E-state index >= 15 is 0 Å². The number of ether oxygens (including phenoxy) is 1. The van der Waals surface area contributed by atoms with Crippen LogP contribution < -0.4 is 10.1 Å². The smallest absolute Gasteiger partial charge is 0.258 e. The molecule has 0 heterocycles. The fourth-order valence-corrected chi connectivity index (χ4v) is 3.16. The monoisotopic (exact) mass is 353 g/mol. The van der Waals surface area contributed by atoms with E-state index in [1.54, 1.807) is 0 Å². The first-order chi connectivity index (χ1) is 10.1. The minimum Gasteiger partial charge on any atom is -0.483 e. The van der Waals surface area contributed by atoms with Crippen molar-refractivity contribution in [2.75, 3.05) is 6.61 Å². The molecule has 0 saturated heterocycles. The van der Waals surface area contributed by atoms with Gasteiger partial charge in [0.15, 0.2) is 6.61 Å². The summed E-state index contributed by atoms with van der Waals surface area (Å²) in [6.45, 7) is 4.38. The van der Waals surface area contributed by atoms with Gasteiger partial charge in [0.1, 0.15) is 5.75 Å². The van der Waals surface area contributed by atoms with Crippen molar-refractivity contribution in [3.63, 3.8) is 0 Å². The van der Waals surface area contributed by atoms with Gasteiger partial charge < -0.3 is 10.1 Å². The van der Waals surface area contributed by atoms with E-state index in [1.807, 2.05) is 12.1 Å². The molecule has 1 N–H and O–H groups in total. The van der Waals surface area contributed by atoms with Crippen molar-refractivity contribution in [2.24, 2.45) is 0 Å². The summed E-state index contributed by atoms with van der Waals surface area (Å²) in [7, 11) is 0. The Balaban J connectivity index is 1.83. The van der Waals surface area contributed by atoms with Gasteiger partial charge in [-0.3, -0.25) is 4.79 Å². The molecule has 0 bridgehead atoms. The molecule has 2 rings (SSSR count). The van der Waals surface area contributed by atoms with Gasteiger partial charge >= 0.3 is 0 Å². The van der Waals surface area contributed by atoms with Crippen LogP contribution in [0.3, 0.4) is 0 Å². The van der Waals surface area contributed by atoms with E-state index in [4.69, 9.17) is 4.74 Å². The van der Waals surface area contributed by atoms with Gasteiger partial charge in [-0.2, -0.15) is 0 Å². The lowest BCUT2D eigenvalue weighted by Gasteiger charge is -2.22. The highest BCUT2D eigenvalue weighted by molar-refractivity contribution is 9.10. The number of hydrogen-bond donors (Lipinski definition) is 1. The summed E-state index contributed by atoms with van der Waals surface area (Å²) in [5, 5.41) is 3.06. The summed E-state index contributed by atoms with van der Waals surface area (Å²) < 4.78 is 6.52. The second-order valence-corrected chi connectivity index (χ2v) is 6.89. The van der Waals surface area contributed by atoms with Gasteiger partial charge in [-0.15, -0.1) is 0 Å². The second-order valence-electron chi connectivity index (χ2n) is 6.04. The minimum absolute atomic E-state index is 0.0262. The highest BCUT2D eigenvalue weighted by Crippen LogP contribution is 2.28. The lowest BCUT2D eigenvalue weighted by atomic mass is 9.95. The Bertz CT molecular complexity index is 482. The van der Waals surface area contributed by atoms with Gasteiger partial charge in [0, 0.05) is 6.04 Å². The SMILES string of the molecule is CC(C)c1ccc(OCC(=O)NC2CCCCC2)c(Br)c1. The van der Waals surface area contributed by atoms with E-state index in [0.717, 1.165) is 23.1 Å². The summed E-state index contributed by atoms with van der Waals surface area (Å²) >= 11 is 3.51. The number of carbonyl (C=O) groups excluding carboxylic acids is 1. The fourth-order valence-electron chi connectivity index (χ4n) is 2.65. The molecule has 1 fully saturated rings. The Kier molecular flexibility index (Phi) is 6.09. The molecule has 4 heteroatoms. The summed E-state index contributed by atoms with van der Waals surface area (Å²) in [5.41, 5.74) is 1.25. The lowest BCUT2D eigenvalue weighted by Crippen LogP contribution is -2.39. The molecule has 1 saturated carbocycles. The van der Waals surface area contributed by atoms with Gasteiger partial charge in [-0.1, -0.05) is 39.2 Å². The zero-order valence-corrected chi connectivity index (χ0v) is 14.4. The molecule has 3 nitrogen and oxygen atoms in total. The molecule has 0 atom stereocenters. The second kappa shape index (κ2) is 7.83. The Morgan fingerprint density at radius 1 is 1.33 bits per heavy atom. The predicted octanol–water partition coefficient (Wildman–Crippen LogP) is 4.40. The van der Waals surface area contributed by atoms with Crippen LogP contribution in [0.2, 0.25) is 0 Å². The molecule has 1 aliphatic rings. The van der Waals surface area contributed by atoms with Crippen LogP contribution in [-0.4, -0.2) is 18.6 Å². The third-order valence-corrected chi connectivity index (χ3v) is 4.57. The summed E-state index contributed by atoms with van der Waals surface area (Å²) in [6.07, 6.45) is 5.91. The molecule has 116 valence electrons. The third-order valence-electron chi connectivity index (χ3n) is 3.95.